The summed E-state index contributed by atoms with van der Waals surface area (Å²) in [5.41, 5.74) is 1.54. The standard InChI is InChI=1S/C36H20F2OS/c37-22-19-29(21-16-17-27-25-10-2-1-8-23(25)24-9-3-4-11-26(24)30(27)18-21)35(38)31(20-22)28-12-7-15-34-36(28)39-32-13-5-6-14-33(32)40-34/h1-20H. The second-order valence-electron chi connectivity index (χ2n) is 9.95. The maximum Gasteiger partial charge on any atom is 0.149 e. The number of para-hydroxylation sites is 2. The summed E-state index contributed by atoms with van der Waals surface area (Å²) in [4.78, 5) is 1.86. The van der Waals surface area contributed by atoms with Gasteiger partial charge in [-0.1, -0.05) is 96.7 Å². The molecule has 7 aromatic rings. The minimum absolute atomic E-state index is 0.176. The van der Waals surface area contributed by atoms with Crippen LogP contribution in [0.5, 0.6) is 11.5 Å². The van der Waals surface area contributed by atoms with Crippen LogP contribution in [0.15, 0.2) is 131 Å². The minimum atomic E-state index is -0.503. The van der Waals surface area contributed by atoms with Gasteiger partial charge in [0.2, 0.25) is 0 Å². The zero-order valence-corrected chi connectivity index (χ0v) is 21.9. The van der Waals surface area contributed by atoms with Crippen LogP contribution in [0.3, 0.4) is 0 Å². The molecular formula is C36H20F2OS. The summed E-state index contributed by atoms with van der Waals surface area (Å²) in [5, 5.41) is 6.60. The maximum absolute atomic E-state index is 16.4. The van der Waals surface area contributed by atoms with Crippen molar-refractivity contribution < 1.29 is 13.5 Å². The number of fused-ring (bicyclic) bond motifs is 8. The SMILES string of the molecule is Fc1cc(-c2ccc3c4ccccc4c4ccccc4c3c2)c(F)c(-c2cccc3c2Oc2ccccc2S3)c1. The Morgan fingerprint density at radius 2 is 1.07 bits per heavy atom. The van der Waals surface area contributed by atoms with E-state index in [0.29, 0.717) is 22.6 Å². The predicted molar refractivity (Wildman–Crippen MR) is 160 cm³/mol. The molecule has 0 radical (unpaired) electrons. The first-order valence-corrected chi connectivity index (χ1v) is 13.9. The fourth-order valence-electron chi connectivity index (χ4n) is 5.83. The fraction of sp³-hybridized carbons (Fsp3) is 0. The molecule has 1 aliphatic heterocycles. The van der Waals surface area contributed by atoms with Gasteiger partial charge in [0, 0.05) is 16.7 Å². The number of ether oxygens (including phenoxy) is 1. The molecule has 0 unspecified atom stereocenters. The Morgan fingerprint density at radius 1 is 0.475 bits per heavy atom. The number of hydrogen-bond acceptors (Lipinski definition) is 2. The molecule has 0 N–H and O–H groups in total. The highest BCUT2D eigenvalue weighted by Gasteiger charge is 2.24. The van der Waals surface area contributed by atoms with Gasteiger partial charge in [-0.2, -0.15) is 0 Å². The van der Waals surface area contributed by atoms with Crippen molar-refractivity contribution in [2.24, 2.45) is 0 Å². The number of benzene rings is 7. The topological polar surface area (TPSA) is 9.23 Å². The summed E-state index contributed by atoms with van der Waals surface area (Å²) in [7, 11) is 0. The van der Waals surface area contributed by atoms with E-state index in [-0.39, 0.29) is 11.1 Å². The number of rotatable bonds is 2. The molecule has 1 heterocycles. The molecule has 0 bridgehead atoms. The molecule has 40 heavy (non-hydrogen) atoms. The van der Waals surface area contributed by atoms with Gasteiger partial charge in [0.25, 0.3) is 0 Å². The van der Waals surface area contributed by atoms with Crippen molar-refractivity contribution in [3.05, 3.63) is 133 Å². The second-order valence-corrected chi connectivity index (χ2v) is 11.0. The lowest BCUT2D eigenvalue weighted by Crippen LogP contribution is -1.99. The van der Waals surface area contributed by atoms with Crippen molar-refractivity contribution in [2.45, 2.75) is 9.79 Å². The summed E-state index contributed by atoms with van der Waals surface area (Å²) in [6.07, 6.45) is 0. The van der Waals surface area contributed by atoms with E-state index < -0.39 is 11.6 Å². The van der Waals surface area contributed by atoms with Gasteiger partial charge < -0.3 is 4.74 Å². The zero-order chi connectivity index (χ0) is 26.8. The molecule has 0 aliphatic carbocycles. The summed E-state index contributed by atoms with van der Waals surface area (Å²) < 4.78 is 37.9. The Kier molecular flexibility index (Phi) is 5.19. The Labute approximate surface area is 233 Å². The molecule has 0 spiro atoms. The van der Waals surface area contributed by atoms with Crippen LogP contribution in [0.25, 0.3) is 54.6 Å². The maximum atomic E-state index is 16.4. The largest absolute Gasteiger partial charge is 0.454 e. The highest BCUT2D eigenvalue weighted by Crippen LogP contribution is 2.51. The third kappa shape index (κ3) is 3.53. The first kappa shape index (κ1) is 23.2. The highest BCUT2D eigenvalue weighted by atomic mass is 32.2. The normalized spacial score (nSPS) is 12.3. The quantitative estimate of drug-likeness (QED) is 0.202. The van der Waals surface area contributed by atoms with E-state index in [1.807, 2.05) is 78.9 Å². The van der Waals surface area contributed by atoms with Gasteiger partial charge in [0.15, 0.2) is 0 Å². The molecule has 7 aromatic carbocycles. The van der Waals surface area contributed by atoms with Crippen LogP contribution in [0.2, 0.25) is 0 Å². The van der Waals surface area contributed by atoms with Crippen LogP contribution in [-0.4, -0.2) is 0 Å². The zero-order valence-electron chi connectivity index (χ0n) is 21.1. The van der Waals surface area contributed by atoms with Crippen molar-refractivity contribution in [1.82, 2.24) is 0 Å². The molecule has 0 atom stereocenters. The van der Waals surface area contributed by atoms with Crippen LogP contribution in [0.1, 0.15) is 0 Å². The Bertz CT molecular complexity index is 2120. The second kappa shape index (κ2) is 8.94. The molecule has 0 saturated carbocycles. The van der Waals surface area contributed by atoms with E-state index in [9.17, 15) is 0 Å². The van der Waals surface area contributed by atoms with Crippen molar-refractivity contribution in [1.29, 1.82) is 0 Å². The van der Waals surface area contributed by atoms with Crippen LogP contribution in [-0.2, 0) is 0 Å². The van der Waals surface area contributed by atoms with Gasteiger partial charge in [-0.15, -0.1) is 0 Å². The molecule has 8 rings (SSSR count). The molecule has 4 heteroatoms. The molecule has 0 amide bonds. The summed E-state index contributed by atoms with van der Waals surface area (Å²) in [5.74, 6) is 0.263. The molecule has 0 saturated heterocycles. The van der Waals surface area contributed by atoms with Crippen LogP contribution < -0.4 is 4.74 Å². The summed E-state index contributed by atoms with van der Waals surface area (Å²) in [6.45, 7) is 0. The Balaban J connectivity index is 1.34. The molecule has 1 nitrogen and oxygen atoms in total. The average Bonchev–Trinajstić information content (AvgIpc) is 3.00. The summed E-state index contributed by atoms with van der Waals surface area (Å²) in [6, 6.07) is 38.3. The Morgan fingerprint density at radius 3 is 1.82 bits per heavy atom. The predicted octanol–water partition coefficient (Wildman–Crippen LogP) is 11.0. The van der Waals surface area contributed by atoms with E-state index in [1.54, 1.807) is 17.8 Å². The van der Waals surface area contributed by atoms with E-state index in [0.717, 1.165) is 36.7 Å². The van der Waals surface area contributed by atoms with Crippen molar-refractivity contribution >= 4 is 44.1 Å². The highest BCUT2D eigenvalue weighted by molar-refractivity contribution is 7.99. The van der Waals surface area contributed by atoms with Crippen molar-refractivity contribution in [3.8, 4) is 33.8 Å². The van der Waals surface area contributed by atoms with E-state index >= 15 is 8.78 Å². The van der Waals surface area contributed by atoms with Gasteiger partial charge in [-0.3, -0.25) is 0 Å². The molecule has 0 fully saturated rings. The van der Waals surface area contributed by atoms with Crippen LogP contribution >= 0.6 is 11.8 Å². The average molecular weight is 539 g/mol. The monoisotopic (exact) mass is 538 g/mol. The van der Waals surface area contributed by atoms with Gasteiger partial charge in [0.05, 0.1) is 9.79 Å². The molecule has 190 valence electrons. The summed E-state index contributed by atoms with van der Waals surface area (Å²) >= 11 is 1.56. The lowest BCUT2D eigenvalue weighted by Gasteiger charge is -2.22. The lowest BCUT2D eigenvalue weighted by atomic mass is 9.91. The number of halogens is 2. The van der Waals surface area contributed by atoms with E-state index in [1.165, 1.54) is 17.5 Å². The first-order valence-electron chi connectivity index (χ1n) is 13.1. The smallest absolute Gasteiger partial charge is 0.149 e. The van der Waals surface area contributed by atoms with Crippen molar-refractivity contribution in [2.75, 3.05) is 0 Å². The van der Waals surface area contributed by atoms with Gasteiger partial charge in [-0.25, -0.2) is 8.78 Å². The molecular weight excluding hydrogens is 518 g/mol. The molecule has 1 aliphatic rings. The third-order valence-corrected chi connectivity index (χ3v) is 8.74. The fourth-order valence-corrected chi connectivity index (χ4v) is 6.82. The van der Waals surface area contributed by atoms with Gasteiger partial charge in [0.1, 0.15) is 23.1 Å². The van der Waals surface area contributed by atoms with Crippen LogP contribution in [0.4, 0.5) is 8.78 Å². The first-order chi connectivity index (χ1) is 19.7. The van der Waals surface area contributed by atoms with E-state index in [4.69, 9.17) is 4.74 Å². The van der Waals surface area contributed by atoms with Gasteiger partial charge in [-0.05, 0) is 74.3 Å². The Hall–Kier alpha value is -4.67. The van der Waals surface area contributed by atoms with Crippen molar-refractivity contribution in [3.63, 3.8) is 0 Å². The minimum Gasteiger partial charge on any atom is -0.454 e. The third-order valence-electron chi connectivity index (χ3n) is 7.64. The number of hydrogen-bond donors (Lipinski definition) is 0. The van der Waals surface area contributed by atoms with Gasteiger partial charge >= 0.3 is 0 Å². The molecule has 0 aromatic heterocycles. The van der Waals surface area contributed by atoms with Crippen LogP contribution in [0, 0.1) is 11.6 Å². The lowest BCUT2D eigenvalue weighted by molar-refractivity contribution is 0.456. The van der Waals surface area contributed by atoms with E-state index in [2.05, 4.69) is 24.3 Å².